The van der Waals surface area contributed by atoms with E-state index in [0.29, 0.717) is 36.0 Å². The maximum absolute atomic E-state index is 12.7. The lowest BCUT2D eigenvalue weighted by Gasteiger charge is -2.33. The van der Waals surface area contributed by atoms with Crippen LogP contribution in [0, 0.1) is 0 Å². The topological polar surface area (TPSA) is 88.4 Å². The molecule has 0 N–H and O–H groups in total. The van der Waals surface area contributed by atoms with Gasteiger partial charge in [0, 0.05) is 31.7 Å². The first-order chi connectivity index (χ1) is 13.1. The predicted molar refractivity (Wildman–Crippen MR) is 100 cm³/mol. The molecule has 0 bridgehead atoms. The molecule has 1 aliphatic rings. The second-order valence-electron chi connectivity index (χ2n) is 6.02. The van der Waals surface area contributed by atoms with Crippen molar-refractivity contribution < 1.29 is 13.2 Å². The van der Waals surface area contributed by atoms with E-state index in [1.54, 1.807) is 57.7 Å². The van der Waals surface area contributed by atoms with Gasteiger partial charge in [0.05, 0.1) is 5.69 Å². The number of thiophene rings is 1. The molecule has 1 aromatic carbocycles. The molecule has 0 unspecified atom stereocenters. The minimum atomic E-state index is -3.46. The van der Waals surface area contributed by atoms with Crippen LogP contribution in [-0.2, 0) is 10.0 Å². The Hall–Kier alpha value is -2.56. The Labute approximate surface area is 160 Å². The van der Waals surface area contributed by atoms with E-state index in [-0.39, 0.29) is 5.91 Å². The Morgan fingerprint density at radius 2 is 1.78 bits per heavy atom. The second kappa shape index (κ2) is 7.22. The Morgan fingerprint density at radius 1 is 1.04 bits per heavy atom. The van der Waals surface area contributed by atoms with E-state index in [4.69, 9.17) is 0 Å². The number of hydrogen-bond donors (Lipinski definition) is 0. The molecule has 2 aromatic heterocycles. The number of aromatic nitrogens is 3. The summed E-state index contributed by atoms with van der Waals surface area (Å²) in [6.45, 7) is 1.33. The lowest BCUT2D eigenvalue weighted by atomic mass is 10.1. The third kappa shape index (κ3) is 3.51. The number of carbonyl (C=O) groups excluding carboxylic acids is 1. The van der Waals surface area contributed by atoms with Crippen molar-refractivity contribution in [2.75, 3.05) is 26.2 Å². The lowest BCUT2D eigenvalue weighted by Crippen LogP contribution is -2.50. The average molecular weight is 403 g/mol. The molecule has 140 valence electrons. The molecular weight excluding hydrogens is 386 g/mol. The number of nitrogens with zero attached hydrogens (tertiary/aromatic N) is 5. The maximum atomic E-state index is 12.7. The van der Waals surface area contributed by atoms with Crippen molar-refractivity contribution >= 4 is 27.3 Å². The fourth-order valence-electron chi connectivity index (χ4n) is 2.95. The van der Waals surface area contributed by atoms with Crippen molar-refractivity contribution in [3.63, 3.8) is 0 Å². The maximum Gasteiger partial charge on any atom is 0.253 e. The smallest absolute Gasteiger partial charge is 0.253 e. The van der Waals surface area contributed by atoms with Gasteiger partial charge in [0.2, 0.25) is 0 Å². The molecule has 10 heteroatoms. The van der Waals surface area contributed by atoms with E-state index >= 15 is 0 Å². The molecule has 27 heavy (non-hydrogen) atoms. The van der Waals surface area contributed by atoms with Crippen LogP contribution in [0.15, 0.2) is 58.6 Å². The van der Waals surface area contributed by atoms with Gasteiger partial charge in [-0.05, 0) is 35.7 Å². The first kappa shape index (κ1) is 17.8. The van der Waals surface area contributed by atoms with Crippen LogP contribution in [0.25, 0.3) is 5.69 Å². The fourth-order valence-corrected chi connectivity index (χ4v) is 5.52. The van der Waals surface area contributed by atoms with Crippen molar-refractivity contribution in [3.8, 4) is 5.69 Å². The van der Waals surface area contributed by atoms with Crippen molar-refractivity contribution in [1.29, 1.82) is 0 Å². The van der Waals surface area contributed by atoms with E-state index in [1.165, 1.54) is 22.0 Å². The Balaban J connectivity index is 1.41. The molecule has 0 spiro atoms. The zero-order valence-electron chi connectivity index (χ0n) is 14.3. The van der Waals surface area contributed by atoms with E-state index in [9.17, 15) is 13.2 Å². The third-order valence-electron chi connectivity index (χ3n) is 4.41. The van der Waals surface area contributed by atoms with Crippen molar-refractivity contribution in [1.82, 2.24) is 24.0 Å². The first-order valence-corrected chi connectivity index (χ1v) is 10.7. The quantitative estimate of drug-likeness (QED) is 0.658. The average Bonchev–Trinajstić information content (AvgIpc) is 3.42. The summed E-state index contributed by atoms with van der Waals surface area (Å²) in [5.41, 5.74) is 1.38. The summed E-state index contributed by atoms with van der Waals surface area (Å²) in [4.78, 5) is 18.3. The van der Waals surface area contributed by atoms with Gasteiger partial charge in [-0.3, -0.25) is 4.79 Å². The molecule has 3 heterocycles. The molecule has 1 amide bonds. The standard InChI is InChI=1S/C17H17N5O3S2/c23-17(14-3-5-15(6-4-14)22-13-18-12-19-22)20-7-9-21(10-8-20)27(24,25)16-2-1-11-26-16/h1-6,11-13H,7-10H2. The summed E-state index contributed by atoms with van der Waals surface area (Å²) in [5.74, 6) is -0.103. The molecule has 1 aliphatic heterocycles. The van der Waals surface area contributed by atoms with Gasteiger partial charge in [0.1, 0.15) is 16.9 Å². The Kier molecular flexibility index (Phi) is 4.77. The molecule has 1 fully saturated rings. The van der Waals surface area contributed by atoms with Crippen LogP contribution in [0.5, 0.6) is 0 Å². The zero-order chi connectivity index (χ0) is 18.9. The van der Waals surface area contributed by atoms with Crippen LogP contribution in [0.4, 0.5) is 0 Å². The molecule has 3 aromatic rings. The third-order valence-corrected chi connectivity index (χ3v) is 7.68. The van der Waals surface area contributed by atoms with Gasteiger partial charge in [0.15, 0.2) is 0 Å². The molecule has 0 radical (unpaired) electrons. The molecule has 0 aliphatic carbocycles. The van der Waals surface area contributed by atoms with Crippen molar-refractivity contribution in [2.24, 2.45) is 0 Å². The normalized spacial score (nSPS) is 15.8. The molecule has 4 rings (SSSR count). The van der Waals surface area contributed by atoms with Gasteiger partial charge in [-0.25, -0.2) is 18.1 Å². The van der Waals surface area contributed by atoms with Crippen molar-refractivity contribution in [3.05, 3.63) is 60.0 Å². The lowest BCUT2D eigenvalue weighted by molar-refractivity contribution is 0.0698. The minimum Gasteiger partial charge on any atom is -0.336 e. The van der Waals surface area contributed by atoms with Gasteiger partial charge in [0.25, 0.3) is 15.9 Å². The summed E-state index contributed by atoms with van der Waals surface area (Å²) < 4.78 is 28.5. The first-order valence-electron chi connectivity index (χ1n) is 8.34. The number of sulfonamides is 1. The highest BCUT2D eigenvalue weighted by molar-refractivity contribution is 7.91. The summed E-state index contributed by atoms with van der Waals surface area (Å²) in [7, 11) is -3.46. The molecular formula is C17H17N5O3S2. The van der Waals surface area contributed by atoms with Gasteiger partial charge in [-0.1, -0.05) is 6.07 Å². The highest BCUT2D eigenvalue weighted by Gasteiger charge is 2.30. The summed E-state index contributed by atoms with van der Waals surface area (Å²) in [6.07, 6.45) is 3.03. The predicted octanol–water partition coefficient (Wildman–Crippen LogP) is 1.48. The summed E-state index contributed by atoms with van der Waals surface area (Å²) in [6, 6.07) is 10.4. The van der Waals surface area contributed by atoms with Crippen LogP contribution in [0.2, 0.25) is 0 Å². The van der Waals surface area contributed by atoms with Gasteiger partial charge in [-0.15, -0.1) is 11.3 Å². The largest absolute Gasteiger partial charge is 0.336 e. The monoisotopic (exact) mass is 403 g/mol. The number of rotatable bonds is 4. The molecule has 8 nitrogen and oxygen atoms in total. The molecule has 1 saturated heterocycles. The van der Waals surface area contributed by atoms with Gasteiger partial charge in [-0.2, -0.15) is 9.40 Å². The molecule has 0 saturated carbocycles. The number of hydrogen-bond acceptors (Lipinski definition) is 6. The highest BCUT2D eigenvalue weighted by Crippen LogP contribution is 2.22. The second-order valence-corrected chi connectivity index (χ2v) is 9.13. The number of amides is 1. The van der Waals surface area contributed by atoms with Crippen molar-refractivity contribution in [2.45, 2.75) is 4.21 Å². The van der Waals surface area contributed by atoms with E-state index in [2.05, 4.69) is 10.1 Å². The Morgan fingerprint density at radius 3 is 2.37 bits per heavy atom. The number of carbonyl (C=O) groups is 1. The number of piperazine rings is 1. The SMILES string of the molecule is O=C(c1ccc(-n2cncn2)cc1)N1CCN(S(=O)(=O)c2cccs2)CC1. The highest BCUT2D eigenvalue weighted by atomic mass is 32.2. The van der Waals surface area contributed by atoms with Crippen LogP contribution >= 0.6 is 11.3 Å². The fraction of sp³-hybridized carbons (Fsp3) is 0.235. The minimum absolute atomic E-state index is 0.103. The van der Waals surface area contributed by atoms with E-state index in [1.807, 2.05) is 0 Å². The Bertz CT molecular complexity index is 1010. The van der Waals surface area contributed by atoms with Gasteiger partial charge >= 0.3 is 0 Å². The van der Waals surface area contributed by atoms with Crippen LogP contribution in [-0.4, -0.2) is 64.5 Å². The zero-order valence-corrected chi connectivity index (χ0v) is 15.9. The van der Waals surface area contributed by atoms with Crippen LogP contribution < -0.4 is 0 Å². The summed E-state index contributed by atoms with van der Waals surface area (Å²) >= 11 is 1.21. The number of benzene rings is 1. The van der Waals surface area contributed by atoms with Crippen LogP contribution in [0.1, 0.15) is 10.4 Å². The van der Waals surface area contributed by atoms with Gasteiger partial charge < -0.3 is 4.90 Å². The summed E-state index contributed by atoms with van der Waals surface area (Å²) in [5, 5.41) is 5.80. The van der Waals surface area contributed by atoms with E-state index < -0.39 is 10.0 Å². The molecule has 0 atom stereocenters. The van der Waals surface area contributed by atoms with E-state index in [0.717, 1.165) is 5.69 Å². The van der Waals surface area contributed by atoms with Crippen LogP contribution in [0.3, 0.4) is 0 Å².